The van der Waals surface area contributed by atoms with Crippen LogP contribution in [0.2, 0.25) is 0 Å². The fourth-order valence-corrected chi connectivity index (χ4v) is 2.74. The zero-order chi connectivity index (χ0) is 16.6. The molecule has 0 aliphatic carbocycles. The molecule has 1 aromatic rings. The van der Waals surface area contributed by atoms with Crippen molar-refractivity contribution in [3.05, 3.63) is 19.0 Å². The molecule has 9 heteroatoms. The lowest BCUT2D eigenvalue weighted by atomic mass is 10.2. The van der Waals surface area contributed by atoms with Gasteiger partial charge < -0.3 is 20.4 Å². The van der Waals surface area contributed by atoms with E-state index in [2.05, 4.69) is 47.8 Å². The molecule has 0 heterocycles. The minimum atomic E-state index is -0.833. The van der Waals surface area contributed by atoms with Crippen molar-refractivity contribution < 1.29 is 30.0 Å². The maximum absolute atomic E-state index is 9.42. The van der Waals surface area contributed by atoms with Crippen molar-refractivity contribution in [3.8, 4) is 11.5 Å². The number of hydrogen-bond donors (Lipinski definition) is 4. The molecule has 0 spiro atoms. The van der Waals surface area contributed by atoms with Crippen molar-refractivity contribution in [2.24, 2.45) is 0 Å². The number of benzene rings is 1. The van der Waals surface area contributed by atoms with E-state index >= 15 is 0 Å². The smallest absolute Gasteiger partial charge is 0.300 e. The summed E-state index contributed by atoms with van der Waals surface area (Å²) in [5, 5.41) is 33.7. The Balaban J connectivity index is 0. The van der Waals surface area contributed by atoms with Gasteiger partial charge in [0, 0.05) is 13.8 Å². The van der Waals surface area contributed by atoms with Gasteiger partial charge in [0.2, 0.25) is 0 Å². The van der Waals surface area contributed by atoms with Gasteiger partial charge in [-0.1, -0.05) is 0 Å². The molecule has 0 fully saturated rings. The molecule has 1 rings (SSSR count). The zero-order valence-corrected chi connectivity index (χ0v) is 15.5. The van der Waals surface area contributed by atoms with Crippen molar-refractivity contribution in [1.29, 1.82) is 0 Å². The molecule has 6 nitrogen and oxygen atoms in total. The van der Waals surface area contributed by atoms with Crippen LogP contribution in [-0.2, 0) is 9.59 Å². The van der Waals surface area contributed by atoms with Gasteiger partial charge in [-0.15, -0.1) is 0 Å². The maximum atomic E-state index is 9.42. The summed E-state index contributed by atoms with van der Waals surface area (Å²) in [7, 11) is 0. The number of phenolic OH excluding ortho intramolecular Hbond substituents is 2. The Morgan fingerprint density at radius 3 is 1.20 bits per heavy atom. The third-order valence-corrected chi connectivity index (χ3v) is 4.18. The summed E-state index contributed by atoms with van der Waals surface area (Å²) < 4.78 is 1.42. The molecule has 0 bridgehead atoms. The first kappa shape index (κ1) is 21.5. The average molecular weight is 481 g/mol. The number of aromatic hydroxyl groups is 2. The topological polar surface area (TPSA) is 115 Å². The summed E-state index contributed by atoms with van der Waals surface area (Å²) in [6, 6.07) is 0. The number of carboxylic acids is 2. The van der Waals surface area contributed by atoms with E-state index in [1.807, 2.05) is 0 Å². The minimum absolute atomic E-state index is 0.00759. The molecular formula is C11H13Br3O6. The number of hydrogen-bond acceptors (Lipinski definition) is 4. The van der Waals surface area contributed by atoms with E-state index in [-0.39, 0.29) is 16.0 Å². The van der Waals surface area contributed by atoms with Crippen LogP contribution in [0.5, 0.6) is 11.5 Å². The highest BCUT2D eigenvalue weighted by atomic mass is 79.9. The van der Waals surface area contributed by atoms with Crippen molar-refractivity contribution >= 4 is 59.7 Å². The third-order valence-electron chi connectivity index (χ3n) is 1.49. The van der Waals surface area contributed by atoms with Gasteiger partial charge in [-0.2, -0.15) is 0 Å². The Morgan fingerprint density at radius 2 is 1.00 bits per heavy atom. The molecule has 0 aromatic heterocycles. The van der Waals surface area contributed by atoms with E-state index in [4.69, 9.17) is 19.8 Å². The van der Waals surface area contributed by atoms with Crippen LogP contribution >= 0.6 is 47.8 Å². The molecule has 0 amide bonds. The molecule has 1 aromatic carbocycles. The average Bonchev–Trinajstić information content (AvgIpc) is 2.30. The number of carbonyl (C=O) groups is 2. The molecular weight excluding hydrogens is 468 g/mol. The second kappa shape index (κ2) is 10.0. The first-order chi connectivity index (χ1) is 8.93. The largest absolute Gasteiger partial charge is 0.505 e. The fourth-order valence-electron chi connectivity index (χ4n) is 0.756. The van der Waals surface area contributed by atoms with Crippen LogP contribution in [-0.4, -0.2) is 32.4 Å². The van der Waals surface area contributed by atoms with Crippen molar-refractivity contribution in [1.82, 2.24) is 0 Å². The highest BCUT2D eigenvalue weighted by molar-refractivity contribution is 9.11. The van der Waals surface area contributed by atoms with Crippen LogP contribution < -0.4 is 0 Å². The quantitative estimate of drug-likeness (QED) is 0.448. The van der Waals surface area contributed by atoms with Crippen LogP contribution in [0, 0.1) is 6.92 Å². The molecule has 0 saturated heterocycles. The number of carboxylic acid groups (broad SMARTS) is 2. The van der Waals surface area contributed by atoms with Crippen LogP contribution in [0.1, 0.15) is 19.4 Å². The summed E-state index contributed by atoms with van der Waals surface area (Å²) in [6.45, 7) is 3.94. The molecule has 0 atom stereocenters. The minimum Gasteiger partial charge on any atom is -0.505 e. The van der Waals surface area contributed by atoms with Crippen molar-refractivity contribution in [3.63, 3.8) is 0 Å². The molecule has 114 valence electrons. The molecule has 0 saturated carbocycles. The summed E-state index contributed by atoms with van der Waals surface area (Å²) in [6.07, 6.45) is 0. The Hall–Kier alpha value is -0.800. The zero-order valence-electron chi connectivity index (χ0n) is 10.7. The molecule has 0 aliphatic rings. The van der Waals surface area contributed by atoms with Gasteiger partial charge in [-0.05, 0) is 60.3 Å². The second-order valence-electron chi connectivity index (χ2n) is 3.30. The van der Waals surface area contributed by atoms with Gasteiger partial charge in [0.1, 0.15) is 16.0 Å². The number of halogens is 3. The van der Waals surface area contributed by atoms with E-state index in [1.165, 1.54) is 0 Å². The van der Waals surface area contributed by atoms with Crippen LogP contribution in [0.3, 0.4) is 0 Å². The normalized spacial score (nSPS) is 8.70. The van der Waals surface area contributed by atoms with Crippen molar-refractivity contribution in [2.75, 3.05) is 0 Å². The fraction of sp³-hybridized carbons (Fsp3) is 0.273. The highest BCUT2D eigenvalue weighted by Gasteiger charge is 2.16. The molecule has 0 radical (unpaired) electrons. The molecule has 0 unspecified atom stereocenters. The van der Waals surface area contributed by atoms with E-state index in [9.17, 15) is 10.2 Å². The highest BCUT2D eigenvalue weighted by Crippen LogP contribution is 2.46. The number of aliphatic carboxylic acids is 2. The third kappa shape index (κ3) is 8.39. The van der Waals surface area contributed by atoms with Gasteiger partial charge in [-0.3, -0.25) is 9.59 Å². The van der Waals surface area contributed by atoms with Crippen LogP contribution in [0.15, 0.2) is 13.4 Å². The summed E-state index contributed by atoms with van der Waals surface area (Å²) >= 11 is 9.44. The van der Waals surface area contributed by atoms with E-state index in [0.29, 0.717) is 8.95 Å². The predicted octanol–water partition coefficient (Wildman–Crippen LogP) is 3.88. The first-order valence-electron chi connectivity index (χ1n) is 4.87. The van der Waals surface area contributed by atoms with E-state index in [0.717, 1.165) is 19.4 Å². The lowest BCUT2D eigenvalue weighted by Gasteiger charge is -2.08. The summed E-state index contributed by atoms with van der Waals surface area (Å²) in [4.78, 5) is 18.0. The van der Waals surface area contributed by atoms with Crippen molar-refractivity contribution in [2.45, 2.75) is 20.8 Å². The maximum Gasteiger partial charge on any atom is 0.300 e. The Morgan fingerprint density at radius 1 is 0.800 bits per heavy atom. The predicted molar refractivity (Wildman–Crippen MR) is 84.2 cm³/mol. The van der Waals surface area contributed by atoms with E-state index in [1.54, 1.807) is 6.92 Å². The lowest BCUT2D eigenvalue weighted by molar-refractivity contribution is -0.135. The van der Waals surface area contributed by atoms with Gasteiger partial charge >= 0.3 is 0 Å². The second-order valence-corrected chi connectivity index (χ2v) is 5.68. The number of phenols is 2. The summed E-state index contributed by atoms with van der Waals surface area (Å²) in [5.74, 6) is -1.65. The van der Waals surface area contributed by atoms with E-state index < -0.39 is 11.9 Å². The standard InChI is InChI=1S/C7H5Br3O2.2C2H4O2/c1-2-3(8)6(11)5(10)7(12)4(2)9;2*1-2(3)4/h11-12H,1H3;2*1H3,(H,3,4). The SMILES string of the molecule is CC(=O)O.CC(=O)O.Cc1c(Br)c(O)c(Br)c(O)c1Br. The van der Waals surface area contributed by atoms with Gasteiger partial charge in [0.15, 0.2) is 0 Å². The molecule has 0 aliphatic heterocycles. The lowest BCUT2D eigenvalue weighted by Crippen LogP contribution is -1.83. The monoisotopic (exact) mass is 478 g/mol. The van der Waals surface area contributed by atoms with Gasteiger partial charge in [-0.25, -0.2) is 0 Å². The molecule has 20 heavy (non-hydrogen) atoms. The summed E-state index contributed by atoms with van der Waals surface area (Å²) in [5.41, 5.74) is 0.758. The van der Waals surface area contributed by atoms with Crippen LogP contribution in [0.25, 0.3) is 0 Å². The molecule has 4 N–H and O–H groups in total. The van der Waals surface area contributed by atoms with Gasteiger partial charge in [0.25, 0.3) is 11.9 Å². The Labute approximate surface area is 140 Å². The van der Waals surface area contributed by atoms with Crippen LogP contribution in [0.4, 0.5) is 0 Å². The number of rotatable bonds is 0. The van der Waals surface area contributed by atoms with Gasteiger partial charge in [0.05, 0.1) is 8.95 Å². The Kier molecular flexibility index (Phi) is 10.8. The first-order valence-corrected chi connectivity index (χ1v) is 7.25. The Bertz CT molecular complexity index is 376.